The van der Waals surface area contributed by atoms with Crippen molar-refractivity contribution in [2.24, 2.45) is 11.5 Å². The number of primary amides is 2. The summed E-state index contributed by atoms with van der Waals surface area (Å²) in [5.41, 5.74) is 23.2. The molecule has 2 amide bonds. The van der Waals surface area contributed by atoms with Gasteiger partial charge < -0.3 is 38.1 Å². The van der Waals surface area contributed by atoms with Crippen molar-refractivity contribution in [1.82, 2.24) is 49.3 Å². The number of nitrogens with zero attached hydrogens (tertiary/aromatic N) is 7. The molecule has 0 unspecified atom stereocenters. The van der Waals surface area contributed by atoms with Crippen molar-refractivity contribution < 1.29 is 18.0 Å². The third-order valence-electron chi connectivity index (χ3n) is 10.6. The molecule has 11 aromatic rings. The second kappa shape index (κ2) is 18.9. The van der Waals surface area contributed by atoms with Crippen LogP contribution in [0.2, 0.25) is 5.28 Å². The molecule has 0 spiro atoms. The molecule has 0 saturated carbocycles. The number of benzene rings is 5. The fourth-order valence-corrected chi connectivity index (χ4v) is 8.53. The van der Waals surface area contributed by atoms with Crippen LogP contribution in [0.5, 0.6) is 0 Å². The Kier molecular flexibility index (Phi) is 12.3. The molecule has 0 aliphatic carbocycles. The molecule has 0 aliphatic rings. The average Bonchev–Trinajstić information content (AvgIpc) is 4.18. The number of aromatic amines is 3. The van der Waals surface area contributed by atoms with Crippen LogP contribution in [0.15, 0.2) is 151 Å². The Bertz CT molecular complexity index is 3780. The number of amides is 2. The second-order valence-corrected chi connectivity index (χ2v) is 17.4. The van der Waals surface area contributed by atoms with Crippen molar-refractivity contribution in [3.63, 3.8) is 0 Å². The summed E-state index contributed by atoms with van der Waals surface area (Å²) in [7, 11) is -3.85. The highest BCUT2D eigenvalue weighted by Crippen LogP contribution is 2.32. The molecule has 5 aromatic carbocycles. The Morgan fingerprint density at radius 1 is 0.638 bits per heavy atom. The monoisotopic (exact) mass is 958 g/mol. The van der Waals surface area contributed by atoms with Gasteiger partial charge in [-0.2, -0.15) is 30.1 Å². The van der Waals surface area contributed by atoms with Gasteiger partial charge >= 0.3 is 0 Å². The molecule has 0 fully saturated rings. The number of anilines is 7. The highest BCUT2D eigenvalue weighted by Gasteiger charge is 2.22. The van der Waals surface area contributed by atoms with Gasteiger partial charge in [0.05, 0.1) is 50.5 Å². The summed E-state index contributed by atoms with van der Waals surface area (Å²) in [6.07, 6.45) is 6.74. The lowest BCUT2D eigenvalue weighted by Crippen LogP contribution is -2.12. The molecule has 6 heterocycles. The number of nitrogens with one attached hydrogen (secondary N) is 6. The summed E-state index contributed by atoms with van der Waals surface area (Å²) in [6.45, 7) is 1.90. The first-order chi connectivity index (χ1) is 33.3. The molecule has 11 rings (SSSR count). The van der Waals surface area contributed by atoms with E-state index in [4.69, 9.17) is 28.8 Å². The summed E-state index contributed by atoms with van der Waals surface area (Å²) >= 11 is 6.14. The summed E-state index contributed by atoms with van der Waals surface area (Å²) in [6, 6.07) is 35.0. The van der Waals surface area contributed by atoms with E-state index in [2.05, 4.69) is 61.3 Å². The lowest BCUT2D eigenvalue weighted by Gasteiger charge is -2.11. The van der Waals surface area contributed by atoms with Crippen LogP contribution in [-0.4, -0.2) is 69.5 Å². The number of carbonyl (C=O) groups excluding carboxylic acids is 2. The van der Waals surface area contributed by atoms with Gasteiger partial charge in [0.1, 0.15) is 17.3 Å². The number of H-pyrrole nitrogens is 3. The summed E-state index contributed by atoms with van der Waals surface area (Å²) in [4.78, 5) is 42.6. The van der Waals surface area contributed by atoms with Gasteiger partial charge in [-0.1, -0.05) is 29.8 Å². The Hall–Kier alpha value is -9.34. The number of halogens is 1. The van der Waals surface area contributed by atoms with Crippen molar-refractivity contribution >= 4 is 118 Å². The van der Waals surface area contributed by atoms with Crippen molar-refractivity contribution in [1.29, 1.82) is 0 Å². The van der Waals surface area contributed by atoms with Crippen molar-refractivity contribution in [2.75, 3.05) is 21.7 Å². The number of carbonyl (C=O) groups is 2. The third-order valence-corrected chi connectivity index (χ3v) is 12.4. The molecule has 0 aliphatic heterocycles. The van der Waals surface area contributed by atoms with E-state index in [0.717, 1.165) is 53.8 Å². The Morgan fingerprint density at radius 2 is 1.22 bits per heavy atom. The summed E-state index contributed by atoms with van der Waals surface area (Å²) < 4.78 is 27.5. The number of hydrogen-bond donors (Lipinski definition) is 9. The van der Waals surface area contributed by atoms with Crippen LogP contribution in [0.3, 0.4) is 0 Å². The van der Waals surface area contributed by atoms with Gasteiger partial charge in [0.2, 0.25) is 23.0 Å². The maximum Gasteiger partial charge on any atom is 0.269 e. The van der Waals surface area contributed by atoms with E-state index in [0.29, 0.717) is 45.4 Å². The quantitative estimate of drug-likeness (QED) is 0.0463. The fraction of sp³-hybridized carbons (Fsp3) is 0.0213. The van der Waals surface area contributed by atoms with Crippen LogP contribution in [0.4, 0.5) is 40.3 Å². The molecule has 344 valence electrons. The van der Waals surface area contributed by atoms with Crippen molar-refractivity contribution in [3.05, 3.63) is 168 Å². The van der Waals surface area contributed by atoms with Crippen LogP contribution in [0.1, 0.15) is 26.3 Å². The maximum absolute atomic E-state index is 13.2. The van der Waals surface area contributed by atoms with E-state index in [1.54, 1.807) is 91.3 Å². The van der Waals surface area contributed by atoms with E-state index >= 15 is 0 Å². The molecule has 0 radical (unpaired) electrons. The molecule has 22 heteroatoms. The minimum absolute atomic E-state index is 0.0663. The highest BCUT2D eigenvalue weighted by molar-refractivity contribution is 7.90. The molecule has 69 heavy (non-hydrogen) atoms. The van der Waals surface area contributed by atoms with Gasteiger partial charge in [-0.15, -0.1) is 0 Å². The summed E-state index contributed by atoms with van der Waals surface area (Å²) in [5, 5.41) is 26.9. The molecule has 12 N–H and O–H groups in total. The first-order valence-corrected chi connectivity index (χ1v) is 22.5. The zero-order chi connectivity index (χ0) is 48.2. The number of aryl methyl sites for hydroxylation is 1. The number of hydrogen-bond acceptors (Lipinski definition) is 14. The minimum atomic E-state index is -3.85. The van der Waals surface area contributed by atoms with Gasteiger partial charge in [-0.25, -0.2) is 12.4 Å². The van der Waals surface area contributed by atoms with Crippen LogP contribution < -0.4 is 33.2 Å². The molecule has 6 aromatic heterocycles. The zero-order valence-corrected chi connectivity index (χ0v) is 37.7. The largest absolute Gasteiger partial charge is 0.399 e. The van der Waals surface area contributed by atoms with Crippen LogP contribution in [-0.2, 0) is 10.0 Å². The van der Waals surface area contributed by atoms with E-state index in [1.807, 2.05) is 55.6 Å². The lowest BCUT2D eigenvalue weighted by atomic mass is 10.2. The number of rotatable bonds is 10. The lowest BCUT2D eigenvalue weighted by molar-refractivity contribution is 0.0992. The van der Waals surface area contributed by atoms with Gasteiger partial charge in [0, 0.05) is 45.7 Å². The maximum atomic E-state index is 13.2. The van der Waals surface area contributed by atoms with Gasteiger partial charge in [-0.3, -0.25) is 19.8 Å². The predicted octanol–water partition coefficient (Wildman–Crippen LogP) is 8.04. The zero-order valence-electron chi connectivity index (χ0n) is 36.1. The highest BCUT2D eigenvalue weighted by atomic mass is 35.5. The Labute approximate surface area is 396 Å². The predicted molar refractivity (Wildman–Crippen MR) is 267 cm³/mol. The summed E-state index contributed by atoms with van der Waals surface area (Å²) in [5.74, 6) is 0.562. The Morgan fingerprint density at radius 3 is 1.81 bits per heavy atom. The van der Waals surface area contributed by atoms with Crippen molar-refractivity contribution in [2.45, 2.75) is 11.8 Å². The Balaban J connectivity index is 0.000000144. The van der Waals surface area contributed by atoms with Gasteiger partial charge in [-0.05, 0) is 116 Å². The van der Waals surface area contributed by atoms with Crippen molar-refractivity contribution in [3.8, 4) is 0 Å². The van der Waals surface area contributed by atoms with Crippen LogP contribution in [0.25, 0.3) is 43.9 Å². The average molecular weight is 959 g/mol. The van der Waals surface area contributed by atoms with Crippen LogP contribution in [0, 0.1) is 6.92 Å². The third kappa shape index (κ3) is 9.65. The smallest absolute Gasteiger partial charge is 0.269 e. The molecular weight excluding hydrogens is 920 g/mol. The normalized spacial score (nSPS) is 11.2. The fourth-order valence-electron chi connectivity index (χ4n) is 7.07. The van der Waals surface area contributed by atoms with E-state index in [1.165, 1.54) is 6.20 Å². The SMILES string of the molecule is Cc1ccc(S(=O)(=O)n2ccc3c(Nc4cccc5[nH]ncc45)nc(Cl)nc32)cc1.NC(=O)c1ccc(N)cc1.NC(=O)c1ccc(Nc2nc(Nc3cccc4[nH]ncc34)c3cc[nH]c3n2)cc1. The molecule has 0 bridgehead atoms. The van der Waals surface area contributed by atoms with Crippen LogP contribution >= 0.6 is 11.6 Å². The molecule has 0 saturated heterocycles. The standard InChI is InChI=1S/C20H15ClN6O2S.C20H16N8O.C7H8N2O/c1-12-5-7-13(8-6-12)30(28,29)27-10-9-14-18(24-20(21)25-19(14)27)23-16-3-2-4-17-15(16)11-22-26-17;21-17(29)11-4-6-12(7-5-11)24-20-26-18-13(8-9-22-18)19(27-20)25-15-2-1-3-16-14(15)10-23-28-16;8-6-3-1-5(2-4-6)7(9)10/h2-11H,1H3,(H,22,26)(H,23,24,25);1-10H,(H2,21,29)(H,23,28)(H3,22,24,25,26,27);1-4H,8H2,(H2,9,10). The van der Waals surface area contributed by atoms with E-state index in [-0.39, 0.29) is 15.8 Å². The first-order valence-electron chi connectivity index (χ1n) is 20.7. The number of nitrogen functional groups attached to an aromatic ring is 1. The van der Waals surface area contributed by atoms with E-state index in [9.17, 15) is 18.0 Å². The molecule has 0 atom stereocenters. The minimum Gasteiger partial charge on any atom is -0.399 e. The number of nitrogens with two attached hydrogens (primary N) is 3. The first kappa shape index (κ1) is 44.8. The molecular formula is C47H39ClN16O4S. The second-order valence-electron chi connectivity index (χ2n) is 15.2. The van der Waals surface area contributed by atoms with E-state index < -0.39 is 21.8 Å². The number of fused-ring (bicyclic) bond motifs is 4. The van der Waals surface area contributed by atoms with Gasteiger partial charge in [0.25, 0.3) is 10.0 Å². The topological polar surface area (TPSA) is 312 Å². The van der Waals surface area contributed by atoms with Gasteiger partial charge in [0.15, 0.2) is 5.65 Å². The molecule has 20 nitrogen and oxygen atoms in total. The number of aromatic nitrogens is 10.